The molecule has 1 aromatic heterocycles. The highest BCUT2D eigenvalue weighted by atomic mass is 16.5. The molecule has 1 unspecified atom stereocenters. The van der Waals surface area contributed by atoms with E-state index >= 15 is 0 Å². The van der Waals surface area contributed by atoms with Gasteiger partial charge in [-0.2, -0.15) is 0 Å². The fourth-order valence-electron chi connectivity index (χ4n) is 3.29. The van der Waals surface area contributed by atoms with E-state index in [1.54, 1.807) is 0 Å². The van der Waals surface area contributed by atoms with Crippen LogP contribution in [-0.4, -0.2) is 38.7 Å². The Kier molecular flexibility index (Phi) is 4.76. The summed E-state index contributed by atoms with van der Waals surface area (Å²) in [4.78, 5) is 28.1. The van der Waals surface area contributed by atoms with Crippen molar-refractivity contribution in [2.75, 3.05) is 0 Å². The van der Waals surface area contributed by atoms with Crippen LogP contribution in [0.5, 0.6) is 0 Å². The number of carboxylic acids is 1. The van der Waals surface area contributed by atoms with E-state index < -0.39 is 18.2 Å². The molecule has 2 N–H and O–H groups in total. The smallest absolute Gasteiger partial charge is 0.332 e. The van der Waals surface area contributed by atoms with Crippen LogP contribution in [0.25, 0.3) is 11.0 Å². The highest BCUT2D eigenvalue weighted by molar-refractivity contribution is 5.83. The van der Waals surface area contributed by atoms with Gasteiger partial charge in [0.05, 0.1) is 17.1 Å². The summed E-state index contributed by atoms with van der Waals surface area (Å²) in [6.07, 6.45) is -0.852. The molecule has 0 aliphatic carbocycles. The Morgan fingerprint density at radius 2 is 1.92 bits per heavy atom. The average Bonchev–Trinajstić information content (AvgIpc) is 3.19. The Hall–Kier alpha value is -2.41. The van der Waals surface area contributed by atoms with E-state index in [2.05, 4.69) is 28.7 Å². The molecule has 7 heteroatoms. The van der Waals surface area contributed by atoms with E-state index in [9.17, 15) is 9.59 Å². The van der Waals surface area contributed by atoms with E-state index in [1.807, 2.05) is 31.2 Å². The molecule has 1 aliphatic rings. The third kappa shape index (κ3) is 3.37. The van der Waals surface area contributed by atoms with Gasteiger partial charge in [-0.1, -0.05) is 12.1 Å². The van der Waals surface area contributed by atoms with Gasteiger partial charge in [0.15, 0.2) is 6.10 Å². The number of hydrogen-bond donors (Lipinski definition) is 2. The summed E-state index contributed by atoms with van der Waals surface area (Å²) in [5.41, 5.74) is 1.91. The molecule has 0 saturated carbocycles. The van der Waals surface area contributed by atoms with Crippen LogP contribution in [0.2, 0.25) is 0 Å². The molecular formula is C18H23N3O4. The van der Waals surface area contributed by atoms with Crippen LogP contribution in [0.4, 0.5) is 0 Å². The first-order chi connectivity index (χ1) is 11.9. The molecule has 1 amide bonds. The van der Waals surface area contributed by atoms with E-state index in [-0.39, 0.29) is 18.0 Å². The van der Waals surface area contributed by atoms with Crippen molar-refractivity contribution in [3.63, 3.8) is 0 Å². The SMILES string of the molecule is CC(NC(=O)[C@@H]1CC[C@H](C(=O)O)O1)c1nc2ccccc2n1C(C)C. The molecule has 2 aromatic rings. The predicted molar refractivity (Wildman–Crippen MR) is 92.2 cm³/mol. The highest BCUT2D eigenvalue weighted by Crippen LogP contribution is 2.26. The van der Waals surface area contributed by atoms with Crippen LogP contribution < -0.4 is 5.32 Å². The monoisotopic (exact) mass is 345 g/mol. The number of carboxylic acid groups (broad SMARTS) is 1. The van der Waals surface area contributed by atoms with Gasteiger partial charge in [-0.05, 0) is 45.7 Å². The lowest BCUT2D eigenvalue weighted by Crippen LogP contribution is -2.38. The number of carbonyl (C=O) groups excluding carboxylic acids is 1. The molecule has 1 saturated heterocycles. The number of ether oxygens (including phenoxy) is 1. The average molecular weight is 345 g/mol. The molecule has 1 aromatic carbocycles. The van der Waals surface area contributed by atoms with Crippen molar-refractivity contribution in [3.8, 4) is 0 Å². The number of hydrogen-bond acceptors (Lipinski definition) is 4. The van der Waals surface area contributed by atoms with Crippen LogP contribution >= 0.6 is 0 Å². The molecule has 0 radical (unpaired) electrons. The van der Waals surface area contributed by atoms with Crippen molar-refractivity contribution in [2.45, 2.75) is 57.9 Å². The molecule has 134 valence electrons. The fraction of sp³-hybridized carbons (Fsp3) is 0.500. The number of carbonyl (C=O) groups is 2. The number of nitrogens with zero attached hydrogens (tertiary/aromatic N) is 2. The number of benzene rings is 1. The van der Waals surface area contributed by atoms with Gasteiger partial charge in [0.1, 0.15) is 11.9 Å². The first-order valence-corrected chi connectivity index (χ1v) is 8.54. The van der Waals surface area contributed by atoms with Crippen LogP contribution in [0.3, 0.4) is 0 Å². The zero-order chi connectivity index (χ0) is 18.1. The number of para-hydroxylation sites is 2. The van der Waals surface area contributed by atoms with Gasteiger partial charge in [-0.15, -0.1) is 0 Å². The predicted octanol–water partition coefficient (Wildman–Crippen LogP) is 2.43. The first-order valence-electron chi connectivity index (χ1n) is 8.54. The van der Waals surface area contributed by atoms with Crippen molar-refractivity contribution in [2.24, 2.45) is 0 Å². The van der Waals surface area contributed by atoms with Crippen LogP contribution in [0, 0.1) is 0 Å². The third-order valence-corrected chi connectivity index (χ3v) is 4.47. The van der Waals surface area contributed by atoms with Crippen LogP contribution in [-0.2, 0) is 14.3 Å². The van der Waals surface area contributed by atoms with E-state index in [1.165, 1.54) is 0 Å². The van der Waals surface area contributed by atoms with Crippen molar-refractivity contribution >= 4 is 22.9 Å². The zero-order valence-corrected chi connectivity index (χ0v) is 14.6. The Bertz CT molecular complexity index is 799. The maximum absolute atomic E-state index is 12.4. The van der Waals surface area contributed by atoms with Gasteiger partial charge in [0.25, 0.3) is 0 Å². The molecular weight excluding hydrogens is 322 g/mol. The molecule has 7 nitrogen and oxygen atoms in total. The second-order valence-corrected chi connectivity index (χ2v) is 6.68. The van der Waals surface area contributed by atoms with Gasteiger partial charge in [-0.3, -0.25) is 4.79 Å². The zero-order valence-electron chi connectivity index (χ0n) is 14.6. The molecule has 3 rings (SSSR count). The van der Waals surface area contributed by atoms with Crippen molar-refractivity contribution < 1.29 is 19.4 Å². The number of aromatic nitrogens is 2. The molecule has 1 fully saturated rings. The number of aliphatic carboxylic acids is 1. The van der Waals surface area contributed by atoms with Crippen molar-refractivity contribution in [1.82, 2.24) is 14.9 Å². The lowest BCUT2D eigenvalue weighted by Gasteiger charge is -2.20. The minimum absolute atomic E-state index is 0.195. The van der Waals surface area contributed by atoms with Gasteiger partial charge >= 0.3 is 5.97 Å². The summed E-state index contributed by atoms with van der Waals surface area (Å²) < 4.78 is 7.43. The van der Waals surface area contributed by atoms with Gasteiger partial charge in [0.2, 0.25) is 5.91 Å². The molecule has 1 aliphatic heterocycles. The lowest BCUT2D eigenvalue weighted by molar-refractivity contribution is -0.151. The summed E-state index contributed by atoms with van der Waals surface area (Å²) >= 11 is 0. The number of fused-ring (bicyclic) bond motifs is 1. The first kappa shape index (κ1) is 17.4. The third-order valence-electron chi connectivity index (χ3n) is 4.47. The number of rotatable bonds is 5. The number of imidazole rings is 1. The van der Waals surface area contributed by atoms with Gasteiger partial charge < -0.3 is 19.7 Å². The Balaban J connectivity index is 1.78. The summed E-state index contributed by atoms with van der Waals surface area (Å²) in [7, 11) is 0. The molecule has 0 bridgehead atoms. The second-order valence-electron chi connectivity index (χ2n) is 6.68. The Labute approximate surface area is 146 Å². The standard InChI is InChI=1S/C18H23N3O4/c1-10(2)21-13-7-5-4-6-12(13)20-16(21)11(3)19-17(22)14-8-9-15(25-14)18(23)24/h4-7,10-11,14-15H,8-9H2,1-3H3,(H,19,22)(H,23,24)/t11?,14-,15+/m0/s1. The lowest BCUT2D eigenvalue weighted by atomic mass is 10.2. The van der Waals surface area contributed by atoms with Crippen LogP contribution in [0.15, 0.2) is 24.3 Å². The summed E-state index contributed by atoms with van der Waals surface area (Å²) in [5, 5.41) is 11.9. The Morgan fingerprint density at radius 3 is 2.56 bits per heavy atom. The number of nitrogens with one attached hydrogen (secondary N) is 1. The van der Waals surface area contributed by atoms with Gasteiger partial charge in [0, 0.05) is 6.04 Å². The summed E-state index contributed by atoms with van der Waals surface area (Å²) in [5.74, 6) is -0.541. The summed E-state index contributed by atoms with van der Waals surface area (Å²) in [6, 6.07) is 7.75. The molecule has 3 atom stereocenters. The molecule has 25 heavy (non-hydrogen) atoms. The second kappa shape index (κ2) is 6.84. The topological polar surface area (TPSA) is 93.5 Å². The normalized spacial score (nSPS) is 21.6. The fourth-order valence-corrected chi connectivity index (χ4v) is 3.29. The maximum atomic E-state index is 12.4. The number of amides is 1. The van der Waals surface area contributed by atoms with E-state index in [0.29, 0.717) is 12.8 Å². The highest BCUT2D eigenvalue weighted by Gasteiger charge is 2.35. The van der Waals surface area contributed by atoms with Gasteiger partial charge in [-0.25, -0.2) is 9.78 Å². The van der Waals surface area contributed by atoms with Crippen LogP contribution in [0.1, 0.15) is 51.5 Å². The quantitative estimate of drug-likeness (QED) is 0.868. The minimum Gasteiger partial charge on any atom is -0.479 e. The van der Waals surface area contributed by atoms with E-state index in [4.69, 9.17) is 9.84 Å². The molecule has 0 spiro atoms. The summed E-state index contributed by atoms with van der Waals surface area (Å²) in [6.45, 7) is 6.02. The minimum atomic E-state index is -1.02. The van der Waals surface area contributed by atoms with E-state index in [0.717, 1.165) is 16.9 Å². The van der Waals surface area contributed by atoms with Crippen molar-refractivity contribution in [1.29, 1.82) is 0 Å². The molecule has 2 heterocycles. The Morgan fingerprint density at radius 1 is 1.24 bits per heavy atom. The maximum Gasteiger partial charge on any atom is 0.332 e. The largest absolute Gasteiger partial charge is 0.479 e. The van der Waals surface area contributed by atoms with Crippen molar-refractivity contribution in [3.05, 3.63) is 30.1 Å².